The Balaban J connectivity index is 2.11. The van der Waals surface area contributed by atoms with Crippen molar-refractivity contribution < 1.29 is 9.53 Å². The second kappa shape index (κ2) is 7.57. The van der Waals surface area contributed by atoms with Crippen molar-refractivity contribution in [1.29, 1.82) is 0 Å². The summed E-state index contributed by atoms with van der Waals surface area (Å²) in [6.07, 6.45) is 3.70. The second-order valence-corrected chi connectivity index (χ2v) is 5.77. The largest absolute Gasteiger partial charge is 0.384 e. The summed E-state index contributed by atoms with van der Waals surface area (Å²) in [4.78, 5) is 12.8. The van der Waals surface area contributed by atoms with Crippen LogP contribution >= 0.6 is 0 Å². The quantitative estimate of drug-likeness (QED) is 0.846. The number of para-hydroxylation sites is 1. The van der Waals surface area contributed by atoms with Crippen LogP contribution in [0, 0.1) is 5.41 Å². The monoisotopic (exact) mass is 290 g/mol. The highest BCUT2D eigenvalue weighted by molar-refractivity contribution is 5.96. The molecule has 0 aliphatic carbocycles. The standard InChI is InChI=1S/C17H26N2O2/c1-3-17(10-6-11-18-13-17)16(20)19-15-8-5-4-7-14(15)9-12-21-2/h4-5,7-8,18H,3,6,9-13H2,1-2H3,(H,19,20). The van der Waals surface area contributed by atoms with Gasteiger partial charge >= 0.3 is 0 Å². The summed E-state index contributed by atoms with van der Waals surface area (Å²) in [5, 5.41) is 6.51. The molecule has 1 fully saturated rings. The smallest absolute Gasteiger partial charge is 0.231 e. The summed E-state index contributed by atoms with van der Waals surface area (Å²) in [6.45, 7) is 4.55. The highest BCUT2D eigenvalue weighted by Crippen LogP contribution is 2.32. The molecule has 4 nitrogen and oxygen atoms in total. The lowest BCUT2D eigenvalue weighted by Gasteiger charge is -2.35. The lowest BCUT2D eigenvalue weighted by atomic mass is 9.77. The first-order valence-electron chi connectivity index (χ1n) is 7.81. The normalized spacial score (nSPS) is 22.0. The SMILES string of the molecule is CCC1(C(=O)Nc2ccccc2CCOC)CCCNC1. The average Bonchev–Trinajstić information content (AvgIpc) is 2.54. The second-order valence-electron chi connectivity index (χ2n) is 5.77. The molecule has 21 heavy (non-hydrogen) atoms. The van der Waals surface area contributed by atoms with E-state index >= 15 is 0 Å². The Bertz CT molecular complexity index is 468. The van der Waals surface area contributed by atoms with E-state index in [1.165, 1.54) is 0 Å². The van der Waals surface area contributed by atoms with Crippen molar-refractivity contribution in [3.8, 4) is 0 Å². The zero-order valence-electron chi connectivity index (χ0n) is 13.1. The topological polar surface area (TPSA) is 50.4 Å². The molecule has 1 amide bonds. The van der Waals surface area contributed by atoms with Crippen molar-refractivity contribution in [2.24, 2.45) is 5.41 Å². The summed E-state index contributed by atoms with van der Waals surface area (Å²) < 4.78 is 5.14. The Morgan fingerprint density at radius 3 is 2.90 bits per heavy atom. The van der Waals surface area contributed by atoms with Gasteiger partial charge in [-0.15, -0.1) is 0 Å². The highest BCUT2D eigenvalue weighted by atomic mass is 16.5. The minimum absolute atomic E-state index is 0.141. The van der Waals surface area contributed by atoms with E-state index in [-0.39, 0.29) is 11.3 Å². The molecule has 116 valence electrons. The average molecular weight is 290 g/mol. The van der Waals surface area contributed by atoms with E-state index in [9.17, 15) is 4.79 Å². The first-order chi connectivity index (χ1) is 10.2. The van der Waals surface area contributed by atoms with E-state index in [1.54, 1.807) is 7.11 Å². The first-order valence-corrected chi connectivity index (χ1v) is 7.81. The lowest BCUT2D eigenvalue weighted by Crippen LogP contribution is -2.47. The summed E-state index contributed by atoms with van der Waals surface area (Å²) in [5.41, 5.74) is 1.77. The fourth-order valence-corrected chi connectivity index (χ4v) is 2.95. The lowest BCUT2D eigenvalue weighted by molar-refractivity contribution is -0.126. The van der Waals surface area contributed by atoms with Crippen molar-refractivity contribution in [2.75, 3.05) is 32.1 Å². The third-order valence-electron chi connectivity index (χ3n) is 4.47. The molecule has 1 aromatic carbocycles. The van der Waals surface area contributed by atoms with Gasteiger partial charge in [0.2, 0.25) is 5.91 Å². The maximum atomic E-state index is 12.8. The van der Waals surface area contributed by atoms with Crippen LogP contribution in [0.2, 0.25) is 0 Å². The molecule has 1 aliphatic heterocycles. The Morgan fingerprint density at radius 1 is 1.43 bits per heavy atom. The molecule has 1 unspecified atom stereocenters. The molecular weight excluding hydrogens is 264 g/mol. The third-order valence-corrected chi connectivity index (χ3v) is 4.47. The van der Waals surface area contributed by atoms with Crippen LogP contribution in [0.25, 0.3) is 0 Å². The number of ether oxygens (including phenoxy) is 1. The number of benzene rings is 1. The highest BCUT2D eigenvalue weighted by Gasteiger charge is 2.37. The van der Waals surface area contributed by atoms with E-state index in [2.05, 4.69) is 17.6 Å². The number of amides is 1. The van der Waals surface area contributed by atoms with Crippen molar-refractivity contribution in [3.05, 3.63) is 29.8 Å². The van der Waals surface area contributed by atoms with Crippen LogP contribution in [0.1, 0.15) is 31.7 Å². The number of anilines is 1. The van der Waals surface area contributed by atoms with Crippen LogP contribution in [0.5, 0.6) is 0 Å². The number of carbonyl (C=O) groups excluding carboxylic acids is 1. The number of hydrogen-bond acceptors (Lipinski definition) is 3. The molecule has 1 aliphatic rings. The number of hydrogen-bond donors (Lipinski definition) is 2. The molecule has 1 saturated heterocycles. The van der Waals surface area contributed by atoms with Gasteiger partial charge in [-0.2, -0.15) is 0 Å². The van der Waals surface area contributed by atoms with E-state index in [0.29, 0.717) is 6.61 Å². The molecule has 0 saturated carbocycles. The van der Waals surface area contributed by atoms with Crippen LogP contribution in [-0.2, 0) is 16.0 Å². The predicted octanol–water partition coefficient (Wildman–Crippen LogP) is 2.59. The van der Waals surface area contributed by atoms with E-state index in [0.717, 1.165) is 50.0 Å². The molecular formula is C17H26N2O2. The zero-order chi connectivity index (χ0) is 15.1. The molecule has 0 radical (unpaired) electrons. The van der Waals surface area contributed by atoms with Gasteiger partial charge in [0.25, 0.3) is 0 Å². The van der Waals surface area contributed by atoms with Gasteiger partial charge in [0, 0.05) is 19.3 Å². The van der Waals surface area contributed by atoms with Crippen LogP contribution in [0.3, 0.4) is 0 Å². The van der Waals surface area contributed by atoms with Gasteiger partial charge in [0.1, 0.15) is 0 Å². The Hall–Kier alpha value is -1.39. The molecule has 2 N–H and O–H groups in total. The molecule has 1 aromatic rings. The number of methoxy groups -OCH3 is 1. The number of piperidine rings is 1. The molecule has 0 spiro atoms. The van der Waals surface area contributed by atoms with Crippen molar-refractivity contribution in [3.63, 3.8) is 0 Å². The molecule has 1 atom stereocenters. The Morgan fingerprint density at radius 2 is 2.24 bits per heavy atom. The summed E-state index contributed by atoms with van der Waals surface area (Å²) in [7, 11) is 1.70. The van der Waals surface area contributed by atoms with Gasteiger partial charge in [-0.05, 0) is 43.9 Å². The summed E-state index contributed by atoms with van der Waals surface area (Å²) in [5.74, 6) is 0.141. The zero-order valence-corrected chi connectivity index (χ0v) is 13.1. The summed E-state index contributed by atoms with van der Waals surface area (Å²) in [6, 6.07) is 7.98. The van der Waals surface area contributed by atoms with E-state index < -0.39 is 0 Å². The van der Waals surface area contributed by atoms with Crippen LogP contribution in [0.15, 0.2) is 24.3 Å². The van der Waals surface area contributed by atoms with E-state index in [4.69, 9.17) is 4.74 Å². The summed E-state index contributed by atoms with van der Waals surface area (Å²) >= 11 is 0. The van der Waals surface area contributed by atoms with Crippen LogP contribution < -0.4 is 10.6 Å². The van der Waals surface area contributed by atoms with Crippen molar-refractivity contribution in [1.82, 2.24) is 5.32 Å². The fraction of sp³-hybridized carbons (Fsp3) is 0.588. The fourth-order valence-electron chi connectivity index (χ4n) is 2.95. The van der Waals surface area contributed by atoms with Crippen LogP contribution in [-0.4, -0.2) is 32.7 Å². The van der Waals surface area contributed by atoms with Gasteiger partial charge in [0.05, 0.1) is 12.0 Å². The molecule has 0 bridgehead atoms. The predicted molar refractivity (Wildman–Crippen MR) is 85.5 cm³/mol. The number of nitrogens with one attached hydrogen (secondary N) is 2. The third kappa shape index (κ3) is 3.83. The minimum Gasteiger partial charge on any atom is -0.384 e. The Kier molecular flexibility index (Phi) is 5.76. The molecule has 4 heteroatoms. The van der Waals surface area contributed by atoms with Gasteiger partial charge < -0.3 is 15.4 Å². The molecule has 1 heterocycles. The van der Waals surface area contributed by atoms with Gasteiger partial charge in [0.15, 0.2) is 0 Å². The van der Waals surface area contributed by atoms with Crippen molar-refractivity contribution >= 4 is 11.6 Å². The maximum absolute atomic E-state index is 12.8. The van der Waals surface area contributed by atoms with Gasteiger partial charge in [-0.1, -0.05) is 25.1 Å². The van der Waals surface area contributed by atoms with Crippen LogP contribution in [0.4, 0.5) is 5.69 Å². The maximum Gasteiger partial charge on any atom is 0.231 e. The van der Waals surface area contributed by atoms with E-state index in [1.807, 2.05) is 24.3 Å². The Labute approximate surface area is 127 Å². The molecule has 0 aromatic heterocycles. The molecule has 2 rings (SSSR count). The van der Waals surface area contributed by atoms with Gasteiger partial charge in [-0.3, -0.25) is 4.79 Å². The van der Waals surface area contributed by atoms with Gasteiger partial charge in [-0.25, -0.2) is 0 Å². The minimum atomic E-state index is -0.271. The van der Waals surface area contributed by atoms with Crippen molar-refractivity contribution in [2.45, 2.75) is 32.6 Å². The number of carbonyl (C=O) groups is 1. The first kappa shape index (κ1) is 16.0. The number of rotatable bonds is 6.